The highest BCUT2D eigenvalue weighted by atomic mass is 32.1. The number of hydrogen-bond acceptors (Lipinski definition) is 7. The fraction of sp³-hybridized carbons (Fsp3) is 0.136. The van der Waals surface area contributed by atoms with E-state index in [2.05, 4.69) is 10.1 Å². The van der Waals surface area contributed by atoms with Crippen LogP contribution in [0.1, 0.15) is 5.56 Å². The molecular weight excluding hydrogens is 402 g/mol. The lowest BCUT2D eigenvalue weighted by molar-refractivity contribution is 0.324. The molecule has 30 heavy (non-hydrogen) atoms. The summed E-state index contributed by atoms with van der Waals surface area (Å²) < 4.78 is 17.2. The molecule has 0 N–H and O–H groups in total. The third-order valence-electron chi connectivity index (χ3n) is 4.51. The molecule has 4 rings (SSSR count). The summed E-state index contributed by atoms with van der Waals surface area (Å²) in [5.41, 5.74) is 1.50. The monoisotopic (exact) mass is 421 g/mol. The number of aromatic nitrogens is 2. The van der Waals surface area contributed by atoms with Gasteiger partial charge in [0.05, 0.1) is 32.9 Å². The highest BCUT2D eigenvalue weighted by Gasteiger charge is 2.13. The largest absolute Gasteiger partial charge is 0.493 e. The van der Waals surface area contributed by atoms with Crippen LogP contribution in [0.15, 0.2) is 64.8 Å². The number of methoxy groups -OCH3 is 3. The van der Waals surface area contributed by atoms with E-state index in [4.69, 9.17) is 14.2 Å². The molecule has 0 saturated heterocycles. The molecule has 4 aromatic rings. The minimum absolute atomic E-state index is 0.234. The Hall–Kier alpha value is -3.65. The Morgan fingerprint density at radius 2 is 1.70 bits per heavy atom. The summed E-state index contributed by atoms with van der Waals surface area (Å²) in [7, 11) is 4.63. The molecule has 0 unspecified atom stereocenters. The smallest absolute Gasteiger partial charge is 0.282 e. The van der Waals surface area contributed by atoms with Crippen molar-refractivity contribution in [3.8, 4) is 27.7 Å². The molecule has 8 heteroatoms. The van der Waals surface area contributed by atoms with Crippen LogP contribution in [0.2, 0.25) is 0 Å². The topological polar surface area (TPSA) is 74.9 Å². The van der Waals surface area contributed by atoms with Gasteiger partial charge in [-0.05, 0) is 23.8 Å². The van der Waals surface area contributed by atoms with Crippen molar-refractivity contribution in [1.29, 1.82) is 0 Å². The molecular formula is C22H19N3O4S. The van der Waals surface area contributed by atoms with E-state index >= 15 is 0 Å². The lowest BCUT2D eigenvalue weighted by atomic mass is 10.2. The third kappa shape index (κ3) is 3.65. The SMILES string of the molecule is COc1cc(/C=N\n2cnc3sc(-c4ccccc4)cc3c2=O)cc(OC)c1OC. The minimum Gasteiger partial charge on any atom is -0.493 e. The number of benzene rings is 2. The van der Waals surface area contributed by atoms with Crippen molar-refractivity contribution in [2.75, 3.05) is 21.3 Å². The first kappa shape index (κ1) is 19.7. The van der Waals surface area contributed by atoms with Crippen molar-refractivity contribution in [2.45, 2.75) is 0 Å². The standard InChI is InChI=1S/C22H19N3O4S/c1-27-17-9-14(10-18(28-2)20(17)29-3)12-24-25-13-23-21-16(22(25)26)11-19(30-21)15-7-5-4-6-8-15/h4-13H,1-3H3/b24-12-. The maximum atomic E-state index is 12.9. The second-order valence-corrected chi connectivity index (χ2v) is 7.32. The van der Waals surface area contributed by atoms with E-state index in [-0.39, 0.29) is 5.56 Å². The molecule has 0 amide bonds. The third-order valence-corrected chi connectivity index (χ3v) is 5.60. The molecule has 0 fully saturated rings. The molecule has 2 aromatic carbocycles. The molecule has 0 aliphatic carbocycles. The highest BCUT2D eigenvalue weighted by molar-refractivity contribution is 7.21. The van der Waals surface area contributed by atoms with E-state index in [1.165, 1.54) is 22.3 Å². The van der Waals surface area contributed by atoms with Crippen molar-refractivity contribution < 1.29 is 14.2 Å². The molecule has 0 atom stereocenters. The summed E-state index contributed by atoms with van der Waals surface area (Å²) in [6.45, 7) is 0. The summed E-state index contributed by atoms with van der Waals surface area (Å²) >= 11 is 1.48. The molecule has 0 radical (unpaired) electrons. The second-order valence-electron chi connectivity index (χ2n) is 6.29. The maximum Gasteiger partial charge on any atom is 0.282 e. The van der Waals surface area contributed by atoms with E-state index in [1.54, 1.807) is 39.7 Å². The fourth-order valence-electron chi connectivity index (χ4n) is 3.05. The van der Waals surface area contributed by atoms with Crippen LogP contribution in [-0.4, -0.2) is 37.2 Å². The Morgan fingerprint density at radius 3 is 2.33 bits per heavy atom. The Bertz CT molecular complexity index is 1250. The average molecular weight is 421 g/mol. The number of thiophene rings is 1. The number of hydrogen-bond donors (Lipinski definition) is 0. The lowest BCUT2D eigenvalue weighted by Crippen LogP contribution is -2.16. The van der Waals surface area contributed by atoms with Crippen molar-refractivity contribution in [3.63, 3.8) is 0 Å². The van der Waals surface area contributed by atoms with E-state index in [0.29, 0.717) is 33.0 Å². The Morgan fingerprint density at radius 1 is 1.00 bits per heavy atom. The van der Waals surface area contributed by atoms with Gasteiger partial charge >= 0.3 is 0 Å². The van der Waals surface area contributed by atoms with E-state index in [0.717, 1.165) is 10.4 Å². The minimum atomic E-state index is -0.234. The van der Waals surface area contributed by atoms with Gasteiger partial charge in [-0.1, -0.05) is 30.3 Å². The van der Waals surface area contributed by atoms with Gasteiger partial charge in [0.2, 0.25) is 5.75 Å². The predicted octanol–water partition coefficient (Wildman–Crippen LogP) is 4.03. The molecule has 2 heterocycles. The Labute approximate surface area is 176 Å². The molecule has 0 bridgehead atoms. The van der Waals surface area contributed by atoms with Gasteiger partial charge in [-0.3, -0.25) is 4.79 Å². The second kappa shape index (κ2) is 8.38. The molecule has 2 aromatic heterocycles. The van der Waals surface area contributed by atoms with Crippen LogP contribution in [0.3, 0.4) is 0 Å². The summed E-state index contributed by atoms with van der Waals surface area (Å²) in [6, 6.07) is 15.3. The highest BCUT2D eigenvalue weighted by Crippen LogP contribution is 2.37. The van der Waals surface area contributed by atoms with Gasteiger partial charge in [0.15, 0.2) is 11.5 Å². The van der Waals surface area contributed by atoms with Crippen molar-refractivity contribution in [1.82, 2.24) is 9.66 Å². The maximum absolute atomic E-state index is 12.9. The first-order valence-corrected chi connectivity index (χ1v) is 9.87. The fourth-order valence-corrected chi connectivity index (χ4v) is 4.04. The van der Waals surface area contributed by atoms with Gasteiger partial charge in [-0.25, -0.2) is 4.98 Å². The predicted molar refractivity (Wildman–Crippen MR) is 118 cm³/mol. The van der Waals surface area contributed by atoms with Crippen LogP contribution in [-0.2, 0) is 0 Å². The van der Waals surface area contributed by atoms with Crippen molar-refractivity contribution in [3.05, 3.63) is 70.8 Å². The molecule has 0 aliphatic heterocycles. The first-order chi connectivity index (χ1) is 14.6. The summed E-state index contributed by atoms with van der Waals surface area (Å²) in [5.74, 6) is 1.50. The van der Waals surface area contributed by atoms with Gasteiger partial charge in [0.1, 0.15) is 11.2 Å². The van der Waals surface area contributed by atoms with Crippen LogP contribution in [0, 0.1) is 0 Å². The van der Waals surface area contributed by atoms with Crippen LogP contribution >= 0.6 is 11.3 Å². The lowest BCUT2D eigenvalue weighted by Gasteiger charge is -2.12. The van der Waals surface area contributed by atoms with Gasteiger partial charge in [-0.2, -0.15) is 9.78 Å². The van der Waals surface area contributed by atoms with Gasteiger partial charge in [-0.15, -0.1) is 11.3 Å². The molecule has 0 aliphatic rings. The molecule has 7 nitrogen and oxygen atoms in total. The molecule has 152 valence electrons. The first-order valence-electron chi connectivity index (χ1n) is 9.05. The van der Waals surface area contributed by atoms with Gasteiger partial charge in [0.25, 0.3) is 5.56 Å². The number of ether oxygens (including phenoxy) is 3. The summed E-state index contributed by atoms with van der Waals surface area (Å²) in [6.07, 6.45) is 2.97. The summed E-state index contributed by atoms with van der Waals surface area (Å²) in [4.78, 5) is 18.9. The Kier molecular flexibility index (Phi) is 5.49. The number of fused-ring (bicyclic) bond motifs is 1. The zero-order chi connectivity index (χ0) is 21.1. The van der Waals surface area contributed by atoms with Crippen molar-refractivity contribution >= 4 is 27.8 Å². The zero-order valence-corrected chi connectivity index (χ0v) is 17.5. The van der Waals surface area contributed by atoms with Crippen molar-refractivity contribution in [2.24, 2.45) is 5.10 Å². The molecule has 0 saturated carbocycles. The van der Waals surface area contributed by atoms with E-state index in [9.17, 15) is 4.79 Å². The van der Waals surface area contributed by atoms with Crippen LogP contribution < -0.4 is 19.8 Å². The van der Waals surface area contributed by atoms with Crippen LogP contribution in [0.4, 0.5) is 0 Å². The zero-order valence-electron chi connectivity index (χ0n) is 16.7. The summed E-state index contributed by atoms with van der Waals surface area (Å²) in [5, 5.41) is 4.81. The van der Waals surface area contributed by atoms with Gasteiger partial charge in [0, 0.05) is 10.4 Å². The number of rotatable bonds is 6. The van der Waals surface area contributed by atoms with Crippen LogP contribution in [0.5, 0.6) is 17.2 Å². The Balaban J connectivity index is 1.71. The molecule has 0 spiro atoms. The van der Waals surface area contributed by atoms with E-state index in [1.807, 2.05) is 36.4 Å². The van der Waals surface area contributed by atoms with Crippen LogP contribution in [0.25, 0.3) is 20.7 Å². The van der Waals surface area contributed by atoms with E-state index < -0.39 is 0 Å². The van der Waals surface area contributed by atoms with Gasteiger partial charge < -0.3 is 14.2 Å². The quantitative estimate of drug-likeness (QED) is 0.440. The average Bonchev–Trinajstić information content (AvgIpc) is 3.23. The normalized spacial score (nSPS) is 11.2. The number of nitrogens with zero attached hydrogens (tertiary/aromatic N) is 3.